The summed E-state index contributed by atoms with van der Waals surface area (Å²) in [7, 11) is 0. The largest absolute Gasteiger partial charge is 0.491 e. The summed E-state index contributed by atoms with van der Waals surface area (Å²) in [6.45, 7) is 3.95. The number of hydrogen-bond acceptors (Lipinski definition) is 2. The predicted octanol–water partition coefficient (Wildman–Crippen LogP) is 4.31. The van der Waals surface area contributed by atoms with Gasteiger partial charge in [-0.05, 0) is 55.8 Å². The number of carbonyl (C=O) groups is 1. The van der Waals surface area contributed by atoms with Crippen molar-refractivity contribution < 1.29 is 9.53 Å². The van der Waals surface area contributed by atoms with Crippen LogP contribution in [-0.2, 0) is 11.2 Å². The number of anilines is 1. The van der Waals surface area contributed by atoms with Crippen molar-refractivity contribution in [1.29, 1.82) is 0 Å². The number of ether oxygens (including phenoxy) is 1. The molecule has 0 aliphatic carbocycles. The van der Waals surface area contributed by atoms with Gasteiger partial charge in [0.2, 0.25) is 5.91 Å². The highest BCUT2D eigenvalue weighted by Gasteiger charge is 2.05. The van der Waals surface area contributed by atoms with Gasteiger partial charge in [0.15, 0.2) is 0 Å². The number of benzene rings is 2. The molecule has 0 saturated heterocycles. The van der Waals surface area contributed by atoms with Gasteiger partial charge in [-0.3, -0.25) is 4.79 Å². The Kier molecular flexibility index (Phi) is 5.23. The van der Waals surface area contributed by atoms with Crippen LogP contribution < -0.4 is 10.1 Å². The molecule has 0 saturated carbocycles. The van der Waals surface area contributed by atoms with Gasteiger partial charge in [0.25, 0.3) is 0 Å². The molecule has 2 rings (SSSR count). The van der Waals surface area contributed by atoms with Crippen molar-refractivity contribution >= 4 is 23.2 Å². The molecule has 1 N–H and O–H groups in total. The van der Waals surface area contributed by atoms with Crippen molar-refractivity contribution in [3.05, 3.63) is 59.1 Å². The van der Waals surface area contributed by atoms with Crippen molar-refractivity contribution in [2.45, 2.75) is 26.4 Å². The second-order valence-corrected chi connectivity index (χ2v) is 5.48. The Morgan fingerprint density at radius 1 is 1.19 bits per heavy atom. The number of rotatable bonds is 5. The smallest absolute Gasteiger partial charge is 0.228 e. The fourth-order valence-corrected chi connectivity index (χ4v) is 2.14. The molecule has 2 aromatic rings. The van der Waals surface area contributed by atoms with E-state index in [9.17, 15) is 4.79 Å². The molecule has 1 amide bonds. The molecule has 0 aliphatic heterocycles. The lowest BCUT2D eigenvalue weighted by molar-refractivity contribution is -0.115. The van der Waals surface area contributed by atoms with Gasteiger partial charge in [-0.2, -0.15) is 0 Å². The highest BCUT2D eigenvalue weighted by atomic mass is 35.5. The first kappa shape index (κ1) is 15.4. The fraction of sp³-hybridized carbons (Fsp3) is 0.235. The summed E-state index contributed by atoms with van der Waals surface area (Å²) in [5.41, 5.74) is 1.64. The molecule has 0 spiro atoms. The van der Waals surface area contributed by atoms with E-state index in [0.29, 0.717) is 11.4 Å². The molecule has 0 heterocycles. The normalized spacial score (nSPS) is 10.5. The van der Waals surface area contributed by atoms with E-state index in [1.165, 1.54) is 0 Å². The van der Waals surface area contributed by atoms with Crippen LogP contribution in [0.15, 0.2) is 48.5 Å². The van der Waals surface area contributed by atoms with Gasteiger partial charge >= 0.3 is 0 Å². The molecule has 0 atom stereocenters. The summed E-state index contributed by atoms with van der Waals surface area (Å²) < 4.78 is 5.56. The lowest BCUT2D eigenvalue weighted by Crippen LogP contribution is -2.14. The zero-order valence-corrected chi connectivity index (χ0v) is 12.9. The van der Waals surface area contributed by atoms with E-state index in [-0.39, 0.29) is 12.0 Å². The van der Waals surface area contributed by atoms with E-state index in [2.05, 4.69) is 5.32 Å². The van der Waals surface area contributed by atoms with E-state index in [1.54, 1.807) is 12.1 Å². The van der Waals surface area contributed by atoms with Gasteiger partial charge in [-0.15, -0.1) is 0 Å². The Labute approximate surface area is 129 Å². The van der Waals surface area contributed by atoms with Crippen LogP contribution in [0.2, 0.25) is 5.02 Å². The monoisotopic (exact) mass is 303 g/mol. The first-order valence-corrected chi connectivity index (χ1v) is 7.22. The molecule has 0 radical (unpaired) electrons. The molecule has 4 heteroatoms. The molecular formula is C17H18ClNO2. The predicted molar refractivity (Wildman–Crippen MR) is 86.0 cm³/mol. The third-order valence-electron chi connectivity index (χ3n) is 2.76. The van der Waals surface area contributed by atoms with Crippen molar-refractivity contribution in [3.8, 4) is 5.75 Å². The number of hydrogen-bond donors (Lipinski definition) is 1. The highest BCUT2D eigenvalue weighted by molar-refractivity contribution is 6.30. The molecule has 0 unspecified atom stereocenters. The number of amides is 1. The molecule has 0 aliphatic rings. The second kappa shape index (κ2) is 7.14. The molecule has 2 aromatic carbocycles. The molecule has 21 heavy (non-hydrogen) atoms. The summed E-state index contributed by atoms with van der Waals surface area (Å²) in [6.07, 6.45) is 0.429. The van der Waals surface area contributed by atoms with Crippen LogP contribution in [0.25, 0.3) is 0 Å². The maximum absolute atomic E-state index is 12.0. The highest BCUT2D eigenvalue weighted by Crippen LogP contribution is 2.17. The Balaban J connectivity index is 1.93. The van der Waals surface area contributed by atoms with E-state index >= 15 is 0 Å². The van der Waals surface area contributed by atoms with E-state index in [0.717, 1.165) is 17.0 Å². The van der Waals surface area contributed by atoms with Gasteiger partial charge in [0.05, 0.1) is 12.5 Å². The Bertz CT molecular complexity index is 608. The van der Waals surface area contributed by atoms with Gasteiger partial charge in [-0.25, -0.2) is 0 Å². The van der Waals surface area contributed by atoms with Crippen molar-refractivity contribution in [2.75, 3.05) is 5.32 Å². The SMILES string of the molecule is CC(C)Oc1ccc(NC(=O)Cc2cccc(Cl)c2)cc1. The van der Waals surface area contributed by atoms with Crippen LogP contribution in [0.3, 0.4) is 0 Å². The van der Waals surface area contributed by atoms with Crippen molar-refractivity contribution in [2.24, 2.45) is 0 Å². The second-order valence-electron chi connectivity index (χ2n) is 5.05. The molecule has 0 fully saturated rings. The summed E-state index contributed by atoms with van der Waals surface area (Å²) in [5.74, 6) is 0.715. The topological polar surface area (TPSA) is 38.3 Å². The lowest BCUT2D eigenvalue weighted by Gasteiger charge is -2.10. The van der Waals surface area contributed by atoms with Crippen LogP contribution in [0.1, 0.15) is 19.4 Å². The van der Waals surface area contributed by atoms with Crippen molar-refractivity contribution in [3.63, 3.8) is 0 Å². The molecule has 0 bridgehead atoms. The maximum Gasteiger partial charge on any atom is 0.228 e. The first-order valence-electron chi connectivity index (χ1n) is 6.84. The minimum Gasteiger partial charge on any atom is -0.491 e. The van der Waals surface area contributed by atoms with Crippen LogP contribution >= 0.6 is 11.6 Å². The first-order chi connectivity index (χ1) is 10.0. The van der Waals surface area contributed by atoms with Gasteiger partial charge in [0, 0.05) is 10.7 Å². The summed E-state index contributed by atoms with van der Waals surface area (Å²) in [6, 6.07) is 14.6. The Hall–Kier alpha value is -2.00. The molecule has 0 aromatic heterocycles. The van der Waals surface area contributed by atoms with Crippen LogP contribution in [0.5, 0.6) is 5.75 Å². The summed E-state index contributed by atoms with van der Waals surface area (Å²) in [5, 5.41) is 3.49. The Morgan fingerprint density at radius 3 is 2.52 bits per heavy atom. The fourth-order valence-electron chi connectivity index (χ4n) is 1.93. The average molecular weight is 304 g/mol. The zero-order chi connectivity index (χ0) is 15.2. The lowest BCUT2D eigenvalue weighted by atomic mass is 10.1. The molecule has 110 valence electrons. The van der Waals surface area contributed by atoms with E-state index < -0.39 is 0 Å². The third kappa shape index (κ3) is 5.12. The van der Waals surface area contributed by atoms with Crippen LogP contribution in [-0.4, -0.2) is 12.0 Å². The number of nitrogens with one attached hydrogen (secondary N) is 1. The van der Waals surface area contributed by atoms with Gasteiger partial charge < -0.3 is 10.1 Å². The summed E-state index contributed by atoms with van der Waals surface area (Å²) in [4.78, 5) is 12.0. The van der Waals surface area contributed by atoms with E-state index in [4.69, 9.17) is 16.3 Å². The third-order valence-corrected chi connectivity index (χ3v) is 3.00. The Morgan fingerprint density at radius 2 is 1.90 bits per heavy atom. The van der Waals surface area contributed by atoms with E-state index in [1.807, 2.05) is 50.2 Å². The number of halogens is 1. The maximum atomic E-state index is 12.0. The van der Waals surface area contributed by atoms with Crippen molar-refractivity contribution in [1.82, 2.24) is 0 Å². The van der Waals surface area contributed by atoms with Crippen LogP contribution in [0.4, 0.5) is 5.69 Å². The molecular weight excluding hydrogens is 286 g/mol. The molecule has 3 nitrogen and oxygen atoms in total. The number of carbonyl (C=O) groups excluding carboxylic acids is 1. The summed E-state index contributed by atoms with van der Waals surface area (Å²) >= 11 is 5.90. The zero-order valence-electron chi connectivity index (χ0n) is 12.1. The quantitative estimate of drug-likeness (QED) is 0.894. The van der Waals surface area contributed by atoms with Gasteiger partial charge in [0.1, 0.15) is 5.75 Å². The standard InChI is InChI=1S/C17H18ClNO2/c1-12(2)21-16-8-6-15(7-9-16)19-17(20)11-13-4-3-5-14(18)10-13/h3-10,12H,11H2,1-2H3,(H,19,20). The minimum absolute atomic E-state index is 0.0743. The van der Waals surface area contributed by atoms with Gasteiger partial charge in [-0.1, -0.05) is 23.7 Å². The minimum atomic E-state index is -0.0743. The van der Waals surface area contributed by atoms with Crippen LogP contribution in [0, 0.1) is 0 Å². The average Bonchev–Trinajstić information content (AvgIpc) is 2.40.